The van der Waals surface area contributed by atoms with E-state index >= 15 is 0 Å². The molecular weight excluding hydrogens is 527 g/mol. The van der Waals surface area contributed by atoms with Crippen molar-refractivity contribution < 1.29 is 23.4 Å². The van der Waals surface area contributed by atoms with Crippen molar-refractivity contribution in [3.05, 3.63) is 65.2 Å². The molecule has 4 heterocycles. The normalized spacial score (nSPS) is 23.1. The third-order valence-electron chi connectivity index (χ3n) is 8.67. The number of anilines is 1. The fourth-order valence-corrected chi connectivity index (χ4v) is 6.70. The zero-order valence-corrected chi connectivity index (χ0v) is 23.2. The van der Waals surface area contributed by atoms with Gasteiger partial charge in [-0.05, 0) is 56.5 Å². The minimum absolute atomic E-state index is 0.129. The summed E-state index contributed by atoms with van der Waals surface area (Å²) in [5, 5.41) is 11.5. The van der Waals surface area contributed by atoms with Gasteiger partial charge >= 0.3 is 0 Å². The van der Waals surface area contributed by atoms with Crippen molar-refractivity contribution in [2.75, 3.05) is 31.2 Å². The number of fused-ring (bicyclic) bond motifs is 1. The molecule has 3 fully saturated rings. The number of halogens is 1. The van der Waals surface area contributed by atoms with Gasteiger partial charge in [-0.15, -0.1) is 10.2 Å². The smallest absolute Gasteiger partial charge is 0.282 e. The lowest BCUT2D eigenvalue weighted by Gasteiger charge is -2.58. The first-order valence-corrected chi connectivity index (χ1v) is 14.2. The number of aromatic nitrogens is 3. The molecule has 0 bridgehead atoms. The number of hydrogen-bond donors (Lipinski definition) is 1. The molecule has 3 aromatic rings. The van der Waals surface area contributed by atoms with Crippen LogP contribution in [0, 0.1) is 11.2 Å². The second-order valence-electron chi connectivity index (χ2n) is 11.8. The summed E-state index contributed by atoms with van der Waals surface area (Å²) in [7, 11) is 0. The number of amides is 1. The van der Waals surface area contributed by atoms with Gasteiger partial charge in [0.2, 0.25) is 0 Å². The summed E-state index contributed by atoms with van der Waals surface area (Å²) in [5.74, 6) is 1.11. The maximum absolute atomic E-state index is 14.3. The van der Waals surface area contributed by atoms with Crippen LogP contribution in [0.1, 0.15) is 48.2 Å². The van der Waals surface area contributed by atoms with E-state index in [1.807, 2.05) is 13.8 Å². The number of carbonyl (C=O) groups is 1. The minimum Gasteiger partial charge on any atom is -0.490 e. The maximum atomic E-state index is 14.3. The van der Waals surface area contributed by atoms with Crippen LogP contribution in [0.2, 0.25) is 0 Å². The number of ether oxygens (including phenoxy) is 3. The molecule has 0 radical (unpaired) electrons. The first-order valence-electron chi connectivity index (χ1n) is 14.2. The molecule has 2 saturated heterocycles. The Bertz CT molecular complexity index is 1460. The fraction of sp³-hybridized carbons (Fsp3) is 0.467. The molecule has 3 aliphatic heterocycles. The minimum atomic E-state index is -0.519. The number of hydrogen-bond acceptors (Lipinski definition) is 9. The van der Waals surface area contributed by atoms with E-state index in [2.05, 4.69) is 43.6 Å². The molecule has 0 unspecified atom stereocenters. The highest BCUT2D eigenvalue weighted by atomic mass is 19.1. The summed E-state index contributed by atoms with van der Waals surface area (Å²) in [4.78, 5) is 21.9. The molecule has 10 nitrogen and oxygen atoms in total. The molecule has 2 atom stereocenters. The van der Waals surface area contributed by atoms with E-state index < -0.39 is 5.82 Å². The Balaban J connectivity index is 1.04. The topological polar surface area (TPSA) is 102 Å². The van der Waals surface area contributed by atoms with Crippen LogP contribution in [0.5, 0.6) is 17.4 Å². The summed E-state index contributed by atoms with van der Waals surface area (Å²) >= 11 is 0. The van der Waals surface area contributed by atoms with Crippen LogP contribution in [-0.2, 0) is 17.8 Å². The van der Waals surface area contributed by atoms with E-state index in [0.29, 0.717) is 19.0 Å². The molecule has 1 spiro atoms. The Hall–Kier alpha value is -3.83. The zero-order valence-electron chi connectivity index (χ0n) is 23.2. The number of nitrogens with one attached hydrogen (secondary N) is 1. The van der Waals surface area contributed by atoms with Crippen molar-refractivity contribution in [2.24, 2.45) is 5.41 Å². The van der Waals surface area contributed by atoms with Gasteiger partial charge in [-0.2, -0.15) is 0 Å². The third kappa shape index (κ3) is 4.76. The van der Waals surface area contributed by atoms with Crippen LogP contribution in [0.15, 0.2) is 42.7 Å². The summed E-state index contributed by atoms with van der Waals surface area (Å²) in [6.45, 7) is 8.02. The Morgan fingerprint density at radius 1 is 1.10 bits per heavy atom. The lowest BCUT2D eigenvalue weighted by Crippen LogP contribution is -2.65. The van der Waals surface area contributed by atoms with Crippen molar-refractivity contribution in [2.45, 2.75) is 58.0 Å². The third-order valence-corrected chi connectivity index (χ3v) is 8.67. The molecule has 7 rings (SSSR count). The lowest BCUT2D eigenvalue weighted by atomic mass is 9.61. The van der Waals surface area contributed by atoms with Crippen molar-refractivity contribution in [3.8, 4) is 17.4 Å². The molecule has 4 aliphatic rings. The summed E-state index contributed by atoms with van der Waals surface area (Å²) in [6.07, 6.45) is 3.53. The van der Waals surface area contributed by atoms with Gasteiger partial charge in [0.25, 0.3) is 11.8 Å². The molecule has 1 saturated carbocycles. The molecule has 2 aromatic carbocycles. The summed E-state index contributed by atoms with van der Waals surface area (Å²) in [6, 6.07) is 9.91. The number of rotatable bonds is 6. The Labute approximate surface area is 237 Å². The first-order chi connectivity index (χ1) is 19.9. The number of carbonyl (C=O) groups excluding carboxylic acids is 1. The van der Waals surface area contributed by atoms with Crippen LogP contribution in [0.3, 0.4) is 0 Å². The van der Waals surface area contributed by atoms with Gasteiger partial charge in [-0.1, -0.05) is 12.1 Å². The average molecular weight is 561 g/mol. The molecule has 214 valence electrons. The summed E-state index contributed by atoms with van der Waals surface area (Å²) in [5.41, 5.74) is 2.88. The second-order valence-corrected chi connectivity index (χ2v) is 11.8. The maximum Gasteiger partial charge on any atom is 0.282 e. The predicted molar refractivity (Wildman–Crippen MR) is 147 cm³/mol. The van der Waals surface area contributed by atoms with Gasteiger partial charge < -0.3 is 29.3 Å². The monoisotopic (exact) mass is 560 g/mol. The average Bonchev–Trinajstić information content (AvgIpc) is 3.40. The Morgan fingerprint density at radius 2 is 1.90 bits per heavy atom. The van der Waals surface area contributed by atoms with Crippen LogP contribution < -0.4 is 19.7 Å². The van der Waals surface area contributed by atoms with Crippen LogP contribution in [-0.4, -0.2) is 70.5 Å². The van der Waals surface area contributed by atoms with Crippen molar-refractivity contribution in [1.29, 1.82) is 0 Å². The molecule has 1 aromatic heterocycles. The van der Waals surface area contributed by atoms with Gasteiger partial charge in [0.1, 0.15) is 29.7 Å². The summed E-state index contributed by atoms with van der Waals surface area (Å²) < 4.78 is 32.4. The van der Waals surface area contributed by atoms with Crippen LogP contribution in [0.25, 0.3) is 0 Å². The molecule has 1 aliphatic carbocycles. The highest BCUT2D eigenvalue weighted by molar-refractivity contribution is 5.97. The standard InChI is InChI=1S/C30H33FN6O4/c1-18-13-39-14-19(2)37(18)29(38)23-8-21(31)6-7-26(23)41-28-27(33-17-34-35-28)36-15-30(16-36)9-22(10-30)40-25-5-3-4-20-11-32-12-24(20)25/h3-8,17-19,22,32H,9-16H2,1-2H3/t18-,19-/m1/s1. The van der Waals surface area contributed by atoms with Crippen LogP contribution >= 0.6 is 0 Å². The fourth-order valence-electron chi connectivity index (χ4n) is 6.70. The van der Waals surface area contributed by atoms with E-state index in [9.17, 15) is 9.18 Å². The molecule has 1 amide bonds. The molecule has 1 N–H and O–H groups in total. The molecule has 41 heavy (non-hydrogen) atoms. The van der Waals surface area contributed by atoms with E-state index in [0.717, 1.165) is 44.8 Å². The first kappa shape index (κ1) is 26.1. The Morgan fingerprint density at radius 3 is 2.71 bits per heavy atom. The molecule has 11 heteroatoms. The van der Waals surface area contributed by atoms with E-state index in [1.165, 1.54) is 35.7 Å². The van der Waals surface area contributed by atoms with E-state index in [-0.39, 0.29) is 46.7 Å². The van der Waals surface area contributed by atoms with Crippen LogP contribution in [0.4, 0.5) is 10.2 Å². The van der Waals surface area contributed by atoms with Gasteiger partial charge in [0, 0.05) is 37.2 Å². The van der Waals surface area contributed by atoms with Gasteiger partial charge in [0.15, 0.2) is 5.82 Å². The lowest BCUT2D eigenvalue weighted by molar-refractivity contribution is -0.0348. The van der Waals surface area contributed by atoms with Gasteiger partial charge in [-0.25, -0.2) is 9.37 Å². The highest BCUT2D eigenvalue weighted by Gasteiger charge is 2.54. The van der Waals surface area contributed by atoms with E-state index in [4.69, 9.17) is 14.2 Å². The quantitative estimate of drug-likeness (QED) is 0.484. The van der Waals surface area contributed by atoms with Gasteiger partial charge in [-0.3, -0.25) is 4.79 Å². The SMILES string of the molecule is C[C@@H]1COC[C@@H](C)N1C(=O)c1cc(F)ccc1Oc1nncnc1N1CC2(CC(Oc3cccc4c3CNC4)C2)C1. The van der Waals surface area contributed by atoms with Crippen molar-refractivity contribution in [3.63, 3.8) is 0 Å². The Kier molecular flexibility index (Phi) is 6.50. The van der Waals surface area contributed by atoms with E-state index in [1.54, 1.807) is 4.90 Å². The van der Waals surface area contributed by atoms with Gasteiger partial charge in [0.05, 0.1) is 30.9 Å². The van der Waals surface area contributed by atoms with Crippen molar-refractivity contribution >= 4 is 11.7 Å². The largest absolute Gasteiger partial charge is 0.490 e. The van der Waals surface area contributed by atoms with Crippen molar-refractivity contribution in [1.82, 2.24) is 25.4 Å². The predicted octanol–water partition coefficient (Wildman–Crippen LogP) is 3.70. The molecular formula is C30H33FN6O4. The second kappa shape index (κ2) is 10.2. The number of nitrogens with zero attached hydrogens (tertiary/aromatic N) is 5. The zero-order chi connectivity index (χ0) is 28.1. The highest BCUT2D eigenvalue weighted by Crippen LogP contribution is 2.52. The number of morpholine rings is 1. The number of benzene rings is 2.